The Morgan fingerprint density at radius 2 is 1.92 bits per heavy atom. The molecule has 0 atom stereocenters. The molecule has 0 saturated carbocycles. The van der Waals surface area contributed by atoms with E-state index < -0.39 is 5.60 Å². The van der Waals surface area contributed by atoms with E-state index >= 15 is 0 Å². The fourth-order valence-corrected chi connectivity index (χ4v) is 1.68. The van der Waals surface area contributed by atoms with E-state index in [0.29, 0.717) is 0 Å². The molecule has 1 rings (SSSR count). The van der Waals surface area contributed by atoms with E-state index in [-0.39, 0.29) is 0 Å². The second-order valence-corrected chi connectivity index (χ2v) is 3.81. The van der Waals surface area contributed by atoms with Gasteiger partial charge in [-0.15, -0.1) is 12.6 Å². The summed E-state index contributed by atoms with van der Waals surface area (Å²) in [7, 11) is 0. The van der Waals surface area contributed by atoms with Crippen molar-refractivity contribution >= 4 is 12.6 Å². The third-order valence-corrected chi connectivity index (χ3v) is 2.83. The zero-order chi connectivity index (χ0) is 9.90. The van der Waals surface area contributed by atoms with Gasteiger partial charge in [0.25, 0.3) is 0 Å². The van der Waals surface area contributed by atoms with Gasteiger partial charge in [0.05, 0.1) is 5.60 Å². The molecule has 0 aliphatic carbocycles. The first-order valence-corrected chi connectivity index (χ1v) is 5.09. The first-order chi connectivity index (χ1) is 6.12. The number of benzene rings is 1. The highest BCUT2D eigenvalue weighted by Crippen LogP contribution is 2.29. The van der Waals surface area contributed by atoms with E-state index in [1.165, 1.54) is 0 Å². The van der Waals surface area contributed by atoms with Crippen LogP contribution >= 0.6 is 12.6 Å². The Kier molecular flexibility index (Phi) is 3.40. The van der Waals surface area contributed by atoms with Gasteiger partial charge in [0.2, 0.25) is 0 Å². The normalized spacial score (nSPS) is 11.7. The summed E-state index contributed by atoms with van der Waals surface area (Å²) in [6, 6.07) is 7.72. The number of thiol groups is 1. The van der Waals surface area contributed by atoms with Gasteiger partial charge < -0.3 is 5.11 Å². The minimum atomic E-state index is -0.682. The molecule has 1 aromatic carbocycles. The maximum atomic E-state index is 10.2. The summed E-state index contributed by atoms with van der Waals surface area (Å²) in [5.41, 5.74) is 0.281. The molecular formula is C11H16OS. The lowest BCUT2D eigenvalue weighted by molar-refractivity contribution is 0.0282. The Morgan fingerprint density at radius 1 is 1.31 bits per heavy atom. The van der Waals surface area contributed by atoms with Gasteiger partial charge in [0.15, 0.2) is 0 Å². The average molecular weight is 196 g/mol. The molecule has 0 unspecified atom stereocenters. The molecule has 1 aromatic rings. The Hall–Kier alpha value is -0.470. The molecule has 1 N–H and O–H groups in total. The molecule has 0 aromatic heterocycles. The monoisotopic (exact) mass is 196 g/mol. The average Bonchev–Trinajstić information content (AvgIpc) is 2.17. The van der Waals surface area contributed by atoms with Gasteiger partial charge in [0, 0.05) is 4.90 Å². The number of hydrogen-bond donors (Lipinski definition) is 2. The molecule has 0 aliphatic rings. The Morgan fingerprint density at radius 3 is 2.38 bits per heavy atom. The van der Waals surface area contributed by atoms with Crippen molar-refractivity contribution in [3.63, 3.8) is 0 Å². The first kappa shape index (κ1) is 10.6. The van der Waals surface area contributed by atoms with Gasteiger partial charge in [-0.1, -0.05) is 26.0 Å². The van der Waals surface area contributed by atoms with Gasteiger partial charge in [-0.2, -0.15) is 0 Å². The standard InChI is InChI=1S/C11H16OS/c1-3-11(12,4-2)9-6-5-7-10(13)8-9/h5-8,12-13H,3-4H2,1-2H3. The first-order valence-electron chi connectivity index (χ1n) is 4.64. The molecule has 0 amide bonds. The van der Waals surface area contributed by atoms with Crippen molar-refractivity contribution < 1.29 is 5.11 Å². The second-order valence-electron chi connectivity index (χ2n) is 3.29. The van der Waals surface area contributed by atoms with Crippen molar-refractivity contribution in [3.8, 4) is 0 Å². The van der Waals surface area contributed by atoms with Crippen LogP contribution in [0.25, 0.3) is 0 Å². The molecule has 0 saturated heterocycles. The smallest absolute Gasteiger partial charge is 0.0891 e. The summed E-state index contributed by atoms with van der Waals surface area (Å²) in [5, 5.41) is 10.2. The molecular weight excluding hydrogens is 180 g/mol. The third kappa shape index (κ3) is 2.26. The van der Waals surface area contributed by atoms with Crippen LogP contribution in [-0.2, 0) is 5.60 Å². The van der Waals surface area contributed by atoms with Crippen LogP contribution < -0.4 is 0 Å². The van der Waals surface area contributed by atoms with E-state index in [2.05, 4.69) is 12.6 Å². The summed E-state index contributed by atoms with van der Waals surface area (Å²) in [6.45, 7) is 3.99. The van der Waals surface area contributed by atoms with Crippen LogP contribution in [0.5, 0.6) is 0 Å². The molecule has 0 aliphatic heterocycles. The topological polar surface area (TPSA) is 20.2 Å². The lowest BCUT2D eigenvalue weighted by Gasteiger charge is -2.25. The maximum absolute atomic E-state index is 10.2. The zero-order valence-corrected chi connectivity index (χ0v) is 9.01. The SMILES string of the molecule is CCC(O)(CC)c1cccc(S)c1. The number of aliphatic hydroxyl groups is 1. The van der Waals surface area contributed by atoms with Crippen LogP contribution in [0.1, 0.15) is 32.3 Å². The van der Waals surface area contributed by atoms with E-state index in [1.807, 2.05) is 38.1 Å². The quantitative estimate of drug-likeness (QED) is 0.712. The van der Waals surface area contributed by atoms with Crippen molar-refractivity contribution in [2.75, 3.05) is 0 Å². The number of rotatable bonds is 3. The van der Waals surface area contributed by atoms with E-state index in [1.54, 1.807) is 0 Å². The van der Waals surface area contributed by atoms with Crippen molar-refractivity contribution in [2.24, 2.45) is 0 Å². The summed E-state index contributed by atoms with van der Waals surface area (Å²) >= 11 is 4.25. The van der Waals surface area contributed by atoms with Gasteiger partial charge in [-0.25, -0.2) is 0 Å². The maximum Gasteiger partial charge on any atom is 0.0891 e. The summed E-state index contributed by atoms with van der Waals surface area (Å²) in [6.07, 6.45) is 1.47. The summed E-state index contributed by atoms with van der Waals surface area (Å²) < 4.78 is 0. The van der Waals surface area contributed by atoms with Crippen molar-refractivity contribution in [3.05, 3.63) is 29.8 Å². The highest BCUT2D eigenvalue weighted by Gasteiger charge is 2.24. The molecule has 1 nitrogen and oxygen atoms in total. The van der Waals surface area contributed by atoms with Crippen LogP contribution in [0, 0.1) is 0 Å². The van der Waals surface area contributed by atoms with Crippen molar-refractivity contribution in [1.82, 2.24) is 0 Å². The van der Waals surface area contributed by atoms with Crippen molar-refractivity contribution in [1.29, 1.82) is 0 Å². The summed E-state index contributed by atoms with van der Waals surface area (Å²) in [4.78, 5) is 0.901. The van der Waals surface area contributed by atoms with Crippen LogP contribution in [0.2, 0.25) is 0 Å². The molecule has 0 heterocycles. The Balaban J connectivity index is 3.05. The highest BCUT2D eigenvalue weighted by molar-refractivity contribution is 7.80. The molecule has 0 spiro atoms. The predicted molar refractivity (Wildman–Crippen MR) is 58.2 cm³/mol. The van der Waals surface area contributed by atoms with Crippen LogP contribution in [0.3, 0.4) is 0 Å². The van der Waals surface area contributed by atoms with E-state index in [4.69, 9.17) is 0 Å². The van der Waals surface area contributed by atoms with Crippen molar-refractivity contribution in [2.45, 2.75) is 37.2 Å². The van der Waals surface area contributed by atoms with Crippen LogP contribution in [0.15, 0.2) is 29.2 Å². The molecule has 0 radical (unpaired) electrons. The lowest BCUT2D eigenvalue weighted by atomic mass is 9.89. The lowest BCUT2D eigenvalue weighted by Crippen LogP contribution is -2.23. The molecule has 72 valence electrons. The molecule has 2 heteroatoms. The Labute approximate surface area is 85.2 Å². The minimum Gasteiger partial charge on any atom is -0.385 e. The Bertz CT molecular complexity index is 279. The third-order valence-electron chi connectivity index (χ3n) is 2.55. The molecule has 0 fully saturated rings. The van der Waals surface area contributed by atoms with E-state index in [0.717, 1.165) is 23.3 Å². The largest absolute Gasteiger partial charge is 0.385 e. The zero-order valence-electron chi connectivity index (χ0n) is 8.12. The molecule has 0 bridgehead atoms. The van der Waals surface area contributed by atoms with Gasteiger partial charge in [-0.3, -0.25) is 0 Å². The predicted octanol–water partition coefficient (Wildman–Crippen LogP) is 2.98. The van der Waals surface area contributed by atoms with E-state index in [9.17, 15) is 5.11 Å². The molecule has 13 heavy (non-hydrogen) atoms. The fraction of sp³-hybridized carbons (Fsp3) is 0.455. The van der Waals surface area contributed by atoms with Crippen LogP contribution in [-0.4, -0.2) is 5.11 Å². The van der Waals surface area contributed by atoms with Crippen LogP contribution in [0.4, 0.5) is 0 Å². The van der Waals surface area contributed by atoms with Gasteiger partial charge in [0.1, 0.15) is 0 Å². The van der Waals surface area contributed by atoms with Gasteiger partial charge >= 0.3 is 0 Å². The highest BCUT2D eigenvalue weighted by atomic mass is 32.1. The fourth-order valence-electron chi connectivity index (χ4n) is 1.45. The summed E-state index contributed by atoms with van der Waals surface area (Å²) in [5.74, 6) is 0. The minimum absolute atomic E-state index is 0.682. The number of hydrogen-bond acceptors (Lipinski definition) is 2. The van der Waals surface area contributed by atoms with Gasteiger partial charge in [-0.05, 0) is 30.5 Å². The second kappa shape index (κ2) is 4.16.